The van der Waals surface area contributed by atoms with E-state index in [4.69, 9.17) is 89.9 Å². The highest BCUT2D eigenvalue weighted by atomic mass is 35.7. The van der Waals surface area contributed by atoms with Gasteiger partial charge in [-0.15, -0.1) is 0 Å². The van der Waals surface area contributed by atoms with E-state index in [1.165, 1.54) is 24.3 Å². The molecule has 0 amide bonds. The van der Waals surface area contributed by atoms with Crippen LogP contribution in [0.15, 0.2) is 24.3 Å². The summed E-state index contributed by atoms with van der Waals surface area (Å²) in [5.41, 5.74) is 0. The average molecular weight is 475 g/mol. The minimum Gasteiger partial charge on any atom is -0.402 e. The molecule has 0 saturated heterocycles. The number of hydrogen-bond acceptors (Lipinski definition) is 3. The first kappa shape index (κ1) is 19.6. The maximum Gasteiger partial charge on any atom is 0.530 e. The fourth-order valence-electron chi connectivity index (χ4n) is 1.47. The Labute approximate surface area is 166 Å². The predicted molar refractivity (Wildman–Crippen MR) is 97.7 cm³/mol. The molecule has 0 spiro atoms. The SMILES string of the molecule is O=P(Cl)(Oc1c(Cl)cc(Cl)cc1Cl)Oc1c(Cl)cc(Cl)cc1Cl. The second-order valence-electron chi connectivity index (χ2n) is 4.01. The Bertz CT molecular complexity index is 702. The van der Waals surface area contributed by atoms with E-state index in [1.807, 2.05) is 0 Å². The highest BCUT2D eigenvalue weighted by Gasteiger charge is 2.30. The minimum atomic E-state index is -4.23. The maximum atomic E-state index is 12.4. The standard InChI is InChI=1S/C12H4Cl7O3P/c13-5-1-7(15)11(8(16)2-5)21-23(19,20)22-12-9(17)3-6(14)4-10(12)18/h1-4H. The molecule has 0 fully saturated rings. The zero-order chi connectivity index (χ0) is 17.4. The molecule has 0 atom stereocenters. The van der Waals surface area contributed by atoms with E-state index in [0.717, 1.165) is 0 Å². The Hall–Kier alpha value is 0.300. The molecule has 0 radical (unpaired) electrons. The van der Waals surface area contributed by atoms with Crippen LogP contribution in [0.2, 0.25) is 30.1 Å². The molecule has 11 heteroatoms. The second-order valence-corrected chi connectivity index (χ2v) is 8.98. The largest absolute Gasteiger partial charge is 0.530 e. The fraction of sp³-hybridized carbons (Fsp3) is 0. The normalized spacial score (nSPS) is 11.4. The van der Waals surface area contributed by atoms with Crippen LogP contribution in [-0.2, 0) is 4.57 Å². The lowest BCUT2D eigenvalue weighted by Crippen LogP contribution is -1.98. The van der Waals surface area contributed by atoms with E-state index in [-0.39, 0.29) is 41.6 Å². The zero-order valence-corrected chi connectivity index (χ0v) is 16.8. The molecule has 0 bridgehead atoms. The van der Waals surface area contributed by atoms with Crippen LogP contribution in [0.1, 0.15) is 0 Å². The van der Waals surface area contributed by atoms with Crippen molar-refractivity contribution >= 4 is 87.8 Å². The molecule has 0 aliphatic carbocycles. The first-order valence-electron chi connectivity index (χ1n) is 5.57. The molecule has 0 heterocycles. The molecule has 0 saturated carbocycles. The fourth-order valence-corrected chi connectivity index (χ4v) is 4.75. The lowest BCUT2D eigenvalue weighted by Gasteiger charge is -2.17. The molecule has 2 aromatic carbocycles. The maximum absolute atomic E-state index is 12.4. The molecule has 0 aliphatic heterocycles. The zero-order valence-electron chi connectivity index (χ0n) is 10.6. The highest BCUT2D eigenvalue weighted by molar-refractivity contribution is 7.82. The minimum absolute atomic E-state index is 0.000255. The van der Waals surface area contributed by atoms with Crippen LogP contribution in [0.25, 0.3) is 0 Å². The Balaban J connectivity index is 2.33. The van der Waals surface area contributed by atoms with Crippen molar-refractivity contribution < 1.29 is 13.6 Å². The average Bonchev–Trinajstić information content (AvgIpc) is 2.38. The van der Waals surface area contributed by atoms with Gasteiger partial charge in [-0.1, -0.05) is 69.6 Å². The van der Waals surface area contributed by atoms with Crippen LogP contribution >= 0.6 is 87.8 Å². The summed E-state index contributed by atoms with van der Waals surface area (Å²) in [6.45, 7) is -4.23. The quantitative estimate of drug-likeness (QED) is 0.417. The number of benzene rings is 2. The van der Waals surface area contributed by atoms with E-state index < -0.39 is 6.95 Å². The first-order valence-corrected chi connectivity index (χ1v) is 10.3. The molecular weight excluding hydrogens is 471 g/mol. The van der Waals surface area contributed by atoms with Crippen molar-refractivity contribution in [1.82, 2.24) is 0 Å². The van der Waals surface area contributed by atoms with Crippen molar-refractivity contribution in [2.75, 3.05) is 0 Å². The van der Waals surface area contributed by atoms with Crippen LogP contribution in [0.3, 0.4) is 0 Å². The van der Waals surface area contributed by atoms with Crippen LogP contribution in [0.4, 0.5) is 0 Å². The van der Waals surface area contributed by atoms with Gasteiger partial charge in [0, 0.05) is 21.3 Å². The summed E-state index contributed by atoms with van der Waals surface area (Å²) in [7, 11) is 0. The molecular formula is C12H4Cl7O3P. The lowest BCUT2D eigenvalue weighted by molar-refractivity contribution is 0.406. The third-order valence-electron chi connectivity index (χ3n) is 2.33. The third kappa shape index (κ3) is 5.14. The van der Waals surface area contributed by atoms with Crippen LogP contribution in [-0.4, -0.2) is 0 Å². The summed E-state index contributed by atoms with van der Waals surface area (Å²) in [4.78, 5) is 0. The van der Waals surface area contributed by atoms with E-state index in [1.54, 1.807) is 0 Å². The molecule has 0 N–H and O–H groups in total. The molecule has 124 valence electrons. The van der Waals surface area contributed by atoms with Crippen molar-refractivity contribution in [3.8, 4) is 11.5 Å². The first-order chi connectivity index (χ1) is 10.6. The van der Waals surface area contributed by atoms with Crippen LogP contribution in [0.5, 0.6) is 11.5 Å². The molecule has 0 aromatic heterocycles. The van der Waals surface area contributed by atoms with Crippen LogP contribution in [0, 0.1) is 0 Å². The van der Waals surface area contributed by atoms with Crippen molar-refractivity contribution in [3.63, 3.8) is 0 Å². The van der Waals surface area contributed by atoms with Crippen LogP contribution < -0.4 is 9.05 Å². The van der Waals surface area contributed by atoms with Crippen molar-refractivity contribution in [1.29, 1.82) is 0 Å². The van der Waals surface area contributed by atoms with Gasteiger partial charge in [0.25, 0.3) is 0 Å². The second kappa shape index (κ2) is 7.68. The summed E-state index contributed by atoms with van der Waals surface area (Å²) in [6.07, 6.45) is 0. The van der Waals surface area contributed by atoms with Gasteiger partial charge in [0.05, 0.1) is 20.1 Å². The van der Waals surface area contributed by atoms with E-state index in [9.17, 15) is 4.57 Å². The summed E-state index contributed by atoms with van der Waals surface area (Å²) in [5.74, 6) is -0.311. The van der Waals surface area contributed by atoms with Gasteiger partial charge in [0.1, 0.15) is 0 Å². The van der Waals surface area contributed by atoms with Gasteiger partial charge in [-0.25, -0.2) is 4.57 Å². The number of hydrogen-bond donors (Lipinski definition) is 0. The Morgan fingerprint density at radius 2 is 0.913 bits per heavy atom. The summed E-state index contributed by atoms with van der Waals surface area (Å²) >= 11 is 41.0. The number of halogens is 7. The van der Waals surface area contributed by atoms with Crippen molar-refractivity contribution in [2.24, 2.45) is 0 Å². The molecule has 3 nitrogen and oxygen atoms in total. The smallest absolute Gasteiger partial charge is 0.402 e. The Morgan fingerprint density at radius 3 is 1.17 bits per heavy atom. The van der Waals surface area contributed by atoms with Crippen molar-refractivity contribution in [3.05, 3.63) is 54.4 Å². The monoisotopic (exact) mass is 472 g/mol. The van der Waals surface area contributed by atoms with Gasteiger partial charge < -0.3 is 9.05 Å². The molecule has 0 unspecified atom stereocenters. The number of rotatable bonds is 4. The van der Waals surface area contributed by atoms with Gasteiger partial charge in [-0.05, 0) is 24.3 Å². The Morgan fingerprint density at radius 1 is 0.652 bits per heavy atom. The third-order valence-corrected chi connectivity index (χ3v) is 5.10. The highest BCUT2D eigenvalue weighted by Crippen LogP contribution is 2.57. The predicted octanol–water partition coefficient (Wildman–Crippen LogP) is 8.41. The molecule has 0 aliphatic rings. The van der Waals surface area contributed by atoms with E-state index in [2.05, 4.69) is 0 Å². The molecule has 2 aromatic rings. The topological polar surface area (TPSA) is 35.5 Å². The van der Waals surface area contributed by atoms with E-state index >= 15 is 0 Å². The van der Waals surface area contributed by atoms with Crippen molar-refractivity contribution in [2.45, 2.75) is 0 Å². The molecule has 2 rings (SSSR count). The van der Waals surface area contributed by atoms with Gasteiger partial charge in [0.2, 0.25) is 0 Å². The van der Waals surface area contributed by atoms with Gasteiger partial charge >= 0.3 is 6.95 Å². The summed E-state index contributed by atoms with van der Waals surface area (Å²) in [6, 6.07) is 5.35. The van der Waals surface area contributed by atoms with Gasteiger partial charge in [-0.3, -0.25) is 0 Å². The summed E-state index contributed by atoms with van der Waals surface area (Å²) in [5, 5.41) is 0.532. The Kier molecular flexibility index (Phi) is 6.55. The lowest BCUT2D eigenvalue weighted by atomic mass is 10.3. The van der Waals surface area contributed by atoms with Gasteiger partial charge in [0.15, 0.2) is 11.5 Å². The van der Waals surface area contributed by atoms with Gasteiger partial charge in [-0.2, -0.15) is 0 Å². The van der Waals surface area contributed by atoms with E-state index in [0.29, 0.717) is 0 Å². The molecule has 23 heavy (non-hydrogen) atoms. The summed E-state index contributed by atoms with van der Waals surface area (Å²) < 4.78 is 22.5.